The average Bonchev–Trinajstić information content (AvgIpc) is 2.89. The molecule has 0 bridgehead atoms. The van der Waals surface area contributed by atoms with Crippen molar-refractivity contribution in [1.29, 1.82) is 0 Å². The molecular formula is C16H14ClN3O. The van der Waals surface area contributed by atoms with Crippen LogP contribution in [0.4, 0.5) is 0 Å². The third-order valence-corrected chi connectivity index (χ3v) is 3.47. The lowest BCUT2D eigenvalue weighted by molar-refractivity contribution is 0.0946. The summed E-state index contributed by atoms with van der Waals surface area (Å²) in [4.78, 5) is 19.2. The van der Waals surface area contributed by atoms with Crippen LogP contribution in [0.25, 0.3) is 11.0 Å². The summed E-state index contributed by atoms with van der Waals surface area (Å²) >= 11 is 5.83. The van der Waals surface area contributed by atoms with Crippen LogP contribution in [0.2, 0.25) is 5.15 Å². The Morgan fingerprint density at radius 1 is 1.24 bits per heavy atom. The number of pyridine rings is 1. The molecule has 0 radical (unpaired) electrons. The SMILES string of the molecule is Cc1ccc(CNC(=O)c2cc3ccc(Cl)nc3[nH]2)cc1. The summed E-state index contributed by atoms with van der Waals surface area (Å²) in [6.07, 6.45) is 0. The molecule has 0 unspecified atom stereocenters. The summed E-state index contributed by atoms with van der Waals surface area (Å²) < 4.78 is 0. The van der Waals surface area contributed by atoms with Gasteiger partial charge in [-0.3, -0.25) is 4.79 Å². The predicted octanol–water partition coefficient (Wildman–Crippen LogP) is 3.45. The highest BCUT2D eigenvalue weighted by atomic mass is 35.5. The van der Waals surface area contributed by atoms with E-state index in [1.165, 1.54) is 5.56 Å². The van der Waals surface area contributed by atoms with Crippen molar-refractivity contribution >= 4 is 28.5 Å². The van der Waals surface area contributed by atoms with E-state index in [0.717, 1.165) is 10.9 Å². The number of aryl methyl sites for hydroxylation is 1. The van der Waals surface area contributed by atoms with Crippen LogP contribution in [0.1, 0.15) is 21.6 Å². The fourth-order valence-electron chi connectivity index (χ4n) is 2.09. The maximum absolute atomic E-state index is 12.1. The van der Waals surface area contributed by atoms with Crippen molar-refractivity contribution in [3.63, 3.8) is 0 Å². The van der Waals surface area contributed by atoms with Crippen LogP contribution < -0.4 is 5.32 Å². The van der Waals surface area contributed by atoms with Crippen LogP contribution in [-0.4, -0.2) is 15.9 Å². The summed E-state index contributed by atoms with van der Waals surface area (Å²) in [7, 11) is 0. The normalized spacial score (nSPS) is 10.8. The Labute approximate surface area is 127 Å². The van der Waals surface area contributed by atoms with E-state index in [1.807, 2.05) is 37.3 Å². The summed E-state index contributed by atoms with van der Waals surface area (Å²) in [6, 6.07) is 13.4. The van der Waals surface area contributed by atoms with E-state index in [9.17, 15) is 4.79 Å². The first-order chi connectivity index (χ1) is 10.1. The van der Waals surface area contributed by atoms with E-state index in [1.54, 1.807) is 12.1 Å². The van der Waals surface area contributed by atoms with Crippen LogP contribution in [0.15, 0.2) is 42.5 Å². The standard InChI is InChI=1S/C16H14ClN3O/c1-10-2-4-11(5-3-10)9-18-16(21)13-8-12-6-7-14(17)20-15(12)19-13/h2-8H,9H2,1H3,(H,18,21)(H,19,20). The Hall–Kier alpha value is -2.33. The number of carbonyl (C=O) groups excluding carboxylic acids is 1. The summed E-state index contributed by atoms with van der Waals surface area (Å²) in [6.45, 7) is 2.52. The molecule has 0 aliphatic carbocycles. The number of rotatable bonds is 3. The van der Waals surface area contributed by atoms with Gasteiger partial charge in [0.25, 0.3) is 5.91 Å². The second-order valence-corrected chi connectivity index (χ2v) is 5.31. The van der Waals surface area contributed by atoms with Crippen LogP contribution in [-0.2, 0) is 6.54 Å². The van der Waals surface area contributed by atoms with Crippen molar-refractivity contribution in [2.45, 2.75) is 13.5 Å². The van der Waals surface area contributed by atoms with E-state index in [-0.39, 0.29) is 5.91 Å². The van der Waals surface area contributed by atoms with Crippen LogP contribution in [0.5, 0.6) is 0 Å². The highest BCUT2D eigenvalue weighted by Crippen LogP contribution is 2.16. The zero-order chi connectivity index (χ0) is 14.8. The van der Waals surface area contributed by atoms with Crippen molar-refractivity contribution in [3.8, 4) is 0 Å². The van der Waals surface area contributed by atoms with E-state index in [4.69, 9.17) is 11.6 Å². The van der Waals surface area contributed by atoms with Gasteiger partial charge < -0.3 is 10.3 Å². The number of hydrogen-bond donors (Lipinski definition) is 2. The fourth-order valence-corrected chi connectivity index (χ4v) is 2.24. The first kappa shape index (κ1) is 13.6. The number of aromatic amines is 1. The largest absolute Gasteiger partial charge is 0.347 e. The summed E-state index contributed by atoms with van der Waals surface area (Å²) in [5.74, 6) is -0.162. The monoisotopic (exact) mass is 299 g/mol. The molecule has 2 aromatic heterocycles. The van der Waals surface area contributed by atoms with E-state index in [0.29, 0.717) is 23.0 Å². The van der Waals surface area contributed by atoms with Gasteiger partial charge in [-0.1, -0.05) is 41.4 Å². The number of carbonyl (C=O) groups is 1. The Balaban J connectivity index is 1.73. The van der Waals surface area contributed by atoms with Crippen molar-refractivity contribution in [1.82, 2.24) is 15.3 Å². The molecule has 3 aromatic rings. The summed E-state index contributed by atoms with van der Waals surface area (Å²) in [5, 5.41) is 4.14. The molecule has 0 atom stereocenters. The molecule has 21 heavy (non-hydrogen) atoms. The Morgan fingerprint density at radius 2 is 2.00 bits per heavy atom. The third kappa shape index (κ3) is 3.06. The fraction of sp³-hybridized carbons (Fsp3) is 0.125. The van der Waals surface area contributed by atoms with Gasteiger partial charge in [0.15, 0.2) is 0 Å². The van der Waals surface area contributed by atoms with E-state index < -0.39 is 0 Å². The lowest BCUT2D eigenvalue weighted by Gasteiger charge is -2.04. The zero-order valence-corrected chi connectivity index (χ0v) is 12.2. The van der Waals surface area contributed by atoms with Gasteiger partial charge >= 0.3 is 0 Å². The maximum atomic E-state index is 12.1. The molecule has 1 aromatic carbocycles. The van der Waals surface area contributed by atoms with Gasteiger partial charge in [0.05, 0.1) is 0 Å². The molecule has 0 aliphatic heterocycles. The second-order valence-electron chi connectivity index (χ2n) is 4.92. The van der Waals surface area contributed by atoms with E-state index in [2.05, 4.69) is 15.3 Å². The Kier molecular flexibility index (Phi) is 3.62. The van der Waals surface area contributed by atoms with Gasteiger partial charge in [0.2, 0.25) is 0 Å². The number of halogens is 1. The lowest BCUT2D eigenvalue weighted by Crippen LogP contribution is -2.23. The molecule has 2 N–H and O–H groups in total. The minimum Gasteiger partial charge on any atom is -0.347 e. The highest BCUT2D eigenvalue weighted by molar-refractivity contribution is 6.29. The molecule has 0 saturated heterocycles. The summed E-state index contributed by atoms with van der Waals surface area (Å²) in [5.41, 5.74) is 3.35. The first-order valence-electron chi connectivity index (χ1n) is 6.61. The molecule has 0 spiro atoms. The quantitative estimate of drug-likeness (QED) is 0.728. The Bertz CT molecular complexity index is 793. The van der Waals surface area contributed by atoms with Gasteiger partial charge in [0, 0.05) is 11.9 Å². The molecule has 0 fully saturated rings. The lowest BCUT2D eigenvalue weighted by atomic mass is 10.1. The molecular weight excluding hydrogens is 286 g/mol. The smallest absolute Gasteiger partial charge is 0.268 e. The number of benzene rings is 1. The maximum Gasteiger partial charge on any atom is 0.268 e. The van der Waals surface area contributed by atoms with Gasteiger partial charge in [-0.2, -0.15) is 0 Å². The molecule has 2 heterocycles. The van der Waals surface area contributed by atoms with Crippen molar-refractivity contribution in [2.75, 3.05) is 0 Å². The number of hydrogen-bond acceptors (Lipinski definition) is 2. The first-order valence-corrected chi connectivity index (χ1v) is 6.98. The molecule has 1 amide bonds. The number of nitrogens with one attached hydrogen (secondary N) is 2. The molecule has 4 nitrogen and oxygen atoms in total. The number of amides is 1. The van der Waals surface area contributed by atoms with Crippen LogP contribution in [0.3, 0.4) is 0 Å². The average molecular weight is 300 g/mol. The molecule has 0 aliphatic rings. The van der Waals surface area contributed by atoms with Gasteiger partial charge in [-0.15, -0.1) is 0 Å². The van der Waals surface area contributed by atoms with Crippen LogP contribution >= 0.6 is 11.6 Å². The topological polar surface area (TPSA) is 57.8 Å². The number of H-pyrrole nitrogens is 1. The van der Waals surface area contributed by atoms with Crippen molar-refractivity contribution in [3.05, 3.63) is 64.4 Å². The number of fused-ring (bicyclic) bond motifs is 1. The predicted molar refractivity (Wildman–Crippen MR) is 83.5 cm³/mol. The number of nitrogens with zero attached hydrogens (tertiary/aromatic N) is 1. The van der Waals surface area contributed by atoms with E-state index >= 15 is 0 Å². The van der Waals surface area contributed by atoms with Crippen molar-refractivity contribution in [2.24, 2.45) is 0 Å². The third-order valence-electron chi connectivity index (χ3n) is 3.26. The van der Waals surface area contributed by atoms with Crippen LogP contribution in [0, 0.1) is 6.92 Å². The Morgan fingerprint density at radius 3 is 2.76 bits per heavy atom. The molecule has 0 saturated carbocycles. The highest BCUT2D eigenvalue weighted by Gasteiger charge is 2.10. The minimum absolute atomic E-state index is 0.162. The zero-order valence-electron chi connectivity index (χ0n) is 11.5. The van der Waals surface area contributed by atoms with Gasteiger partial charge in [-0.25, -0.2) is 4.98 Å². The number of aromatic nitrogens is 2. The molecule has 5 heteroatoms. The van der Waals surface area contributed by atoms with Gasteiger partial charge in [-0.05, 0) is 30.7 Å². The molecule has 3 rings (SSSR count). The molecule has 106 valence electrons. The second kappa shape index (κ2) is 5.58. The van der Waals surface area contributed by atoms with Gasteiger partial charge in [0.1, 0.15) is 16.5 Å². The minimum atomic E-state index is -0.162. The van der Waals surface area contributed by atoms with Crippen molar-refractivity contribution < 1.29 is 4.79 Å².